The number of hydrogen-bond donors (Lipinski definition) is 1. The fraction of sp³-hybridized carbons (Fsp3) is 0.750. The number of anilines is 1. The summed E-state index contributed by atoms with van der Waals surface area (Å²) in [4.78, 5) is 38.2. The van der Waals surface area contributed by atoms with Crippen molar-refractivity contribution in [1.29, 1.82) is 0 Å². The predicted octanol–water partition coefficient (Wildman–Crippen LogP) is 1.39. The first-order chi connectivity index (χ1) is 16.6. The molecule has 2 aromatic rings. The summed E-state index contributed by atoms with van der Waals surface area (Å²) in [6.07, 6.45) is 6.51. The first-order valence-corrected chi connectivity index (χ1v) is 13.8. The molecule has 0 unspecified atom stereocenters. The lowest BCUT2D eigenvalue weighted by atomic mass is 9.96. The van der Waals surface area contributed by atoms with E-state index in [-0.39, 0.29) is 17.4 Å². The van der Waals surface area contributed by atoms with Crippen LogP contribution in [0.4, 0.5) is 5.13 Å². The molecule has 186 valence electrons. The fourth-order valence-electron chi connectivity index (χ4n) is 5.41. The van der Waals surface area contributed by atoms with Gasteiger partial charge in [-0.25, -0.2) is 4.98 Å². The second kappa shape index (κ2) is 10.7. The van der Waals surface area contributed by atoms with E-state index < -0.39 is 0 Å². The lowest BCUT2D eigenvalue weighted by molar-refractivity contribution is -0.125. The number of carbonyl (C=O) groups excluding carboxylic acids is 1. The van der Waals surface area contributed by atoms with Gasteiger partial charge in [0.05, 0.1) is 5.69 Å². The van der Waals surface area contributed by atoms with Gasteiger partial charge in [0.1, 0.15) is 0 Å². The molecule has 5 rings (SSSR count). The number of nitrogens with one attached hydrogen (secondary N) is 1. The zero-order chi connectivity index (χ0) is 23.5. The third-order valence-corrected chi connectivity index (χ3v) is 8.64. The highest BCUT2D eigenvalue weighted by Gasteiger charge is 2.27. The maximum atomic E-state index is 12.9. The van der Waals surface area contributed by atoms with Gasteiger partial charge >= 0.3 is 0 Å². The van der Waals surface area contributed by atoms with Crippen LogP contribution in [-0.4, -0.2) is 89.2 Å². The van der Waals surface area contributed by atoms with Crippen molar-refractivity contribution in [2.24, 2.45) is 5.92 Å². The molecule has 1 aliphatic carbocycles. The first-order valence-electron chi connectivity index (χ1n) is 13.0. The molecule has 4 heterocycles. The molecular weight excluding hydrogens is 450 g/mol. The average Bonchev–Trinajstić information content (AvgIpc) is 3.31. The molecule has 2 saturated heterocycles. The number of nitrogens with zero attached hydrogens (tertiary/aromatic N) is 6. The molecule has 10 heteroatoms. The number of aromatic nitrogens is 3. The normalized spacial score (nSPS) is 20.6. The second-order valence-electron chi connectivity index (χ2n) is 9.81. The van der Waals surface area contributed by atoms with Crippen molar-refractivity contribution in [3.8, 4) is 0 Å². The summed E-state index contributed by atoms with van der Waals surface area (Å²) in [5.41, 5.74) is 1.81. The maximum absolute atomic E-state index is 12.9. The van der Waals surface area contributed by atoms with Crippen molar-refractivity contribution < 1.29 is 4.79 Å². The molecule has 0 aromatic carbocycles. The molecule has 0 bridgehead atoms. The third kappa shape index (κ3) is 5.13. The molecule has 0 spiro atoms. The topological polar surface area (TPSA) is 86.1 Å². The summed E-state index contributed by atoms with van der Waals surface area (Å²) in [5.74, 6) is 0.247. The molecule has 0 atom stereocenters. The predicted molar refractivity (Wildman–Crippen MR) is 135 cm³/mol. The quantitative estimate of drug-likeness (QED) is 0.591. The monoisotopic (exact) mass is 487 g/mol. The van der Waals surface area contributed by atoms with Gasteiger partial charge in [0.25, 0.3) is 5.56 Å². The molecule has 0 radical (unpaired) electrons. The van der Waals surface area contributed by atoms with E-state index in [1.165, 1.54) is 15.9 Å². The molecule has 3 aliphatic rings. The highest BCUT2D eigenvalue weighted by atomic mass is 32.1. The molecular formula is C24H37N7O2S. The van der Waals surface area contributed by atoms with Gasteiger partial charge < -0.3 is 20.0 Å². The van der Waals surface area contributed by atoms with Gasteiger partial charge in [-0.15, -0.1) is 5.10 Å². The minimum atomic E-state index is 0.00343. The summed E-state index contributed by atoms with van der Waals surface area (Å²) in [5, 5.41) is 8.61. The van der Waals surface area contributed by atoms with Crippen molar-refractivity contribution >= 4 is 27.3 Å². The van der Waals surface area contributed by atoms with Crippen LogP contribution in [0.2, 0.25) is 0 Å². The summed E-state index contributed by atoms with van der Waals surface area (Å²) in [7, 11) is 0. The van der Waals surface area contributed by atoms with Gasteiger partial charge in [-0.1, -0.05) is 18.3 Å². The Morgan fingerprint density at radius 1 is 1.06 bits per heavy atom. The van der Waals surface area contributed by atoms with Gasteiger partial charge in [-0.2, -0.15) is 4.52 Å². The minimum absolute atomic E-state index is 0.00343. The second-order valence-corrected chi connectivity index (χ2v) is 10.7. The van der Waals surface area contributed by atoms with Gasteiger partial charge in [-0.05, 0) is 58.0 Å². The molecule has 9 nitrogen and oxygen atoms in total. The van der Waals surface area contributed by atoms with Gasteiger partial charge in [0, 0.05) is 57.3 Å². The Bertz CT molecular complexity index is 1050. The van der Waals surface area contributed by atoms with Gasteiger partial charge in [0.15, 0.2) is 0 Å². The molecule has 1 amide bonds. The van der Waals surface area contributed by atoms with E-state index in [1.54, 1.807) is 0 Å². The molecule has 2 aliphatic heterocycles. The number of likely N-dealkylation sites (N-methyl/N-ethyl adjacent to an activating group) is 1. The van der Waals surface area contributed by atoms with Crippen LogP contribution in [0, 0.1) is 5.92 Å². The standard InChI is InChI=1S/C24H37N7O2S/c1-2-28-14-16-29(17-15-28)11-5-10-25-21(32)18-8-12-30(13-9-18)24-27-31-22(33)19-6-3-4-7-20(19)26-23(31)34-24/h18H,2-17H2,1H3,(H,25,32). The Hall–Kier alpha value is -2.04. The third-order valence-electron chi connectivity index (χ3n) is 7.67. The van der Waals surface area contributed by atoms with E-state index in [1.807, 2.05) is 0 Å². The van der Waals surface area contributed by atoms with Crippen LogP contribution in [0.1, 0.15) is 50.3 Å². The summed E-state index contributed by atoms with van der Waals surface area (Å²) >= 11 is 1.49. The van der Waals surface area contributed by atoms with Crippen molar-refractivity contribution in [3.63, 3.8) is 0 Å². The number of carbonyl (C=O) groups is 1. The van der Waals surface area contributed by atoms with Crippen LogP contribution in [0.25, 0.3) is 4.96 Å². The molecule has 2 fully saturated rings. The van der Waals surface area contributed by atoms with Gasteiger partial charge in [-0.3, -0.25) is 9.59 Å². The van der Waals surface area contributed by atoms with E-state index in [2.05, 4.69) is 32.0 Å². The SMILES string of the molecule is CCN1CCN(CCCNC(=O)C2CCN(c3nn4c(=O)c5c(nc4s3)CCCC5)CC2)CC1. The van der Waals surface area contributed by atoms with Crippen LogP contribution in [0.15, 0.2) is 4.79 Å². The number of fused-ring (bicyclic) bond motifs is 2. The summed E-state index contributed by atoms with van der Waals surface area (Å²) in [6.45, 7) is 11.3. The van der Waals surface area contributed by atoms with Crippen molar-refractivity contribution in [1.82, 2.24) is 29.7 Å². The van der Waals surface area contributed by atoms with Crippen LogP contribution in [-0.2, 0) is 17.6 Å². The van der Waals surface area contributed by atoms with E-state index >= 15 is 0 Å². The van der Waals surface area contributed by atoms with Crippen molar-refractivity contribution in [2.45, 2.75) is 51.9 Å². The van der Waals surface area contributed by atoms with E-state index in [0.717, 1.165) is 120 Å². The summed E-state index contributed by atoms with van der Waals surface area (Å²) < 4.78 is 1.49. The number of aryl methyl sites for hydroxylation is 1. The molecule has 1 N–H and O–H groups in total. The average molecular weight is 488 g/mol. The number of piperazine rings is 1. The Morgan fingerprint density at radius 2 is 1.79 bits per heavy atom. The van der Waals surface area contributed by atoms with Crippen LogP contribution < -0.4 is 15.8 Å². The zero-order valence-electron chi connectivity index (χ0n) is 20.3. The summed E-state index contributed by atoms with van der Waals surface area (Å²) in [6, 6.07) is 0. The number of hydrogen-bond acceptors (Lipinski definition) is 8. The van der Waals surface area contributed by atoms with E-state index in [0.29, 0.717) is 4.96 Å². The number of piperidine rings is 1. The van der Waals surface area contributed by atoms with Crippen LogP contribution in [0.3, 0.4) is 0 Å². The van der Waals surface area contributed by atoms with Crippen molar-refractivity contribution in [2.75, 3.05) is 63.8 Å². The number of rotatable bonds is 7. The first kappa shape index (κ1) is 23.7. The van der Waals surface area contributed by atoms with Crippen LogP contribution in [0.5, 0.6) is 0 Å². The van der Waals surface area contributed by atoms with Crippen LogP contribution >= 0.6 is 11.3 Å². The van der Waals surface area contributed by atoms with E-state index in [9.17, 15) is 9.59 Å². The Balaban J connectivity index is 1.08. The molecule has 0 saturated carbocycles. The Morgan fingerprint density at radius 3 is 2.56 bits per heavy atom. The van der Waals surface area contributed by atoms with Crippen molar-refractivity contribution in [3.05, 3.63) is 21.6 Å². The zero-order valence-corrected chi connectivity index (χ0v) is 21.1. The Labute approximate surface area is 205 Å². The highest BCUT2D eigenvalue weighted by molar-refractivity contribution is 7.20. The maximum Gasteiger partial charge on any atom is 0.278 e. The molecule has 34 heavy (non-hydrogen) atoms. The largest absolute Gasteiger partial charge is 0.356 e. The smallest absolute Gasteiger partial charge is 0.278 e. The van der Waals surface area contributed by atoms with Gasteiger partial charge in [0.2, 0.25) is 16.0 Å². The minimum Gasteiger partial charge on any atom is -0.356 e. The highest BCUT2D eigenvalue weighted by Crippen LogP contribution is 2.28. The fourth-order valence-corrected chi connectivity index (χ4v) is 6.37. The molecule has 2 aromatic heterocycles. The lowest BCUT2D eigenvalue weighted by Gasteiger charge is -2.34. The number of amides is 1. The lowest BCUT2D eigenvalue weighted by Crippen LogP contribution is -2.46. The van der Waals surface area contributed by atoms with E-state index in [4.69, 9.17) is 4.98 Å². The Kier molecular flexibility index (Phi) is 7.46.